The first-order valence-electron chi connectivity index (χ1n) is 4.86. The number of hydrogen-bond donors (Lipinski definition) is 3. The fourth-order valence-corrected chi connectivity index (χ4v) is 1.12. The van der Waals surface area contributed by atoms with Crippen molar-refractivity contribution in [3.05, 3.63) is 0 Å². The second-order valence-corrected chi connectivity index (χ2v) is 3.72. The summed E-state index contributed by atoms with van der Waals surface area (Å²) in [5.41, 5.74) is 0. The number of carboxylic acids is 1. The fraction of sp³-hybridized carbons (Fsp3) is 0.778. The number of aliphatic carboxylic acids is 1. The molecular formula is C9H16N2O3. The summed E-state index contributed by atoms with van der Waals surface area (Å²) in [6.45, 7) is 1.74. The van der Waals surface area contributed by atoms with E-state index in [-0.39, 0.29) is 18.6 Å². The van der Waals surface area contributed by atoms with Crippen molar-refractivity contribution in [2.45, 2.75) is 32.2 Å². The number of rotatable bonds is 4. The van der Waals surface area contributed by atoms with Crippen molar-refractivity contribution >= 4 is 12.0 Å². The molecule has 1 saturated carbocycles. The Morgan fingerprint density at radius 2 is 2.14 bits per heavy atom. The van der Waals surface area contributed by atoms with Gasteiger partial charge in [-0.2, -0.15) is 0 Å². The molecule has 0 aromatic carbocycles. The molecule has 1 unspecified atom stereocenters. The second kappa shape index (κ2) is 4.83. The van der Waals surface area contributed by atoms with Crippen molar-refractivity contribution in [1.82, 2.24) is 10.6 Å². The van der Waals surface area contributed by atoms with Gasteiger partial charge in [0.25, 0.3) is 0 Å². The van der Waals surface area contributed by atoms with E-state index in [1.54, 1.807) is 6.92 Å². The minimum absolute atomic E-state index is 0.174. The highest BCUT2D eigenvalue weighted by Gasteiger charge is 2.19. The molecular weight excluding hydrogens is 184 g/mol. The van der Waals surface area contributed by atoms with Crippen LogP contribution in [0.5, 0.6) is 0 Å². The van der Waals surface area contributed by atoms with Gasteiger partial charge in [-0.05, 0) is 19.3 Å². The first-order valence-corrected chi connectivity index (χ1v) is 4.86. The highest BCUT2D eigenvalue weighted by molar-refractivity contribution is 5.76. The average molecular weight is 200 g/mol. The standard InChI is InChI=1S/C9H16N2O3/c1-6(8(12)13)5-10-9(14)11-7-3-2-4-7/h6-7H,2-5H2,1H3,(H,12,13)(H2,10,11,14). The molecule has 14 heavy (non-hydrogen) atoms. The summed E-state index contributed by atoms with van der Waals surface area (Å²) in [7, 11) is 0. The van der Waals surface area contributed by atoms with Crippen molar-refractivity contribution in [1.29, 1.82) is 0 Å². The minimum Gasteiger partial charge on any atom is -0.481 e. The van der Waals surface area contributed by atoms with Crippen molar-refractivity contribution in [2.24, 2.45) is 5.92 Å². The number of carbonyl (C=O) groups is 2. The number of hydrogen-bond acceptors (Lipinski definition) is 2. The van der Waals surface area contributed by atoms with Gasteiger partial charge >= 0.3 is 12.0 Å². The lowest BCUT2D eigenvalue weighted by atomic mass is 9.93. The van der Waals surface area contributed by atoms with Crippen LogP contribution in [0.3, 0.4) is 0 Å². The zero-order valence-electron chi connectivity index (χ0n) is 8.25. The number of carbonyl (C=O) groups excluding carboxylic acids is 1. The Morgan fingerprint density at radius 3 is 2.57 bits per heavy atom. The normalized spacial score (nSPS) is 18.1. The van der Waals surface area contributed by atoms with E-state index in [4.69, 9.17) is 5.11 Å². The summed E-state index contributed by atoms with van der Waals surface area (Å²) in [6, 6.07) is 0.0259. The van der Waals surface area contributed by atoms with Crippen LogP contribution in [0, 0.1) is 5.92 Å². The summed E-state index contributed by atoms with van der Waals surface area (Å²) in [5.74, 6) is -1.43. The lowest BCUT2D eigenvalue weighted by molar-refractivity contribution is -0.140. The van der Waals surface area contributed by atoms with Gasteiger partial charge in [-0.1, -0.05) is 6.92 Å². The summed E-state index contributed by atoms with van der Waals surface area (Å²) in [6.07, 6.45) is 3.22. The van der Waals surface area contributed by atoms with Gasteiger partial charge in [-0.15, -0.1) is 0 Å². The van der Waals surface area contributed by atoms with Crippen LogP contribution < -0.4 is 10.6 Å². The Bertz CT molecular complexity index is 226. The molecule has 5 nitrogen and oxygen atoms in total. The van der Waals surface area contributed by atoms with E-state index in [1.807, 2.05) is 0 Å². The Labute approximate surface area is 82.9 Å². The first kappa shape index (κ1) is 10.8. The minimum atomic E-state index is -0.894. The summed E-state index contributed by atoms with van der Waals surface area (Å²) >= 11 is 0. The van der Waals surface area contributed by atoms with Crippen LogP contribution in [-0.4, -0.2) is 29.7 Å². The molecule has 1 fully saturated rings. The lowest BCUT2D eigenvalue weighted by Gasteiger charge is -2.26. The molecule has 0 bridgehead atoms. The van der Waals surface area contributed by atoms with E-state index in [2.05, 4.69) is 10.6 Å². The van der Waals surface area contributed by atoms with Gasteiger partial charge in [0.1, 0.15) is 0 Å². The SMILES string of the molecule is CC(CNC(=O)NC1CCC1)C(=O)O. The van der Waals surface area contributed by atoms with E-state index in [0.29, 0.717) is 0 Å². The van der Waals surface area contributed by atoms with E-state index in [1.165, 1.54) is 0 Å². The van der Waals surface area contributed by atoms with Crippen LogP contribution in [0.4, 0.5) is 4.79 Å². The third-order valence-corrected chi connectivity index (χ3v) is 2.43. The Balaban J connectivity index is 2.10. The topological polar surface area (TPSA) is 78.4 Å². The molecule has 0 aromatic heterocycles. The predicted molar refractivity (Wildman–Crippen MR) is 51.0 cm³/mol. The molecule has 0 saturated heterocycles. The lowest BCUT2D eigenvalue weighted by Crippen LogP contribution is -2.46. The molecule has 5 heteroatoms. The molecule has 2 amide bonds. The second-order valence-electron chi connectivity index (χ2n) is 3.72. The van der Waals surface area contributed by atoms with Crippen LogP contribution in [-0.2, 0) is 4.79 Å². The maximum absolute atomic E-state index is 11.2. The third-order valence-electron chi connectivity index (χ3n) is 2.43. The van der Waals surface area contributed by atoms with E-state index in [9.17, 15) is 9.59 Å². The zero-order chi connectivity index (χ0) is 10.6. The van der Waals surface area contributed by atoms with E-state index < -0.39 is 11.9 Å². The molecule has 0 aliphatic heterocycles. The molecule has 1 atom stereocenters. The van der Waals surface area contributed by atoms with Crippen molar-refractivity contribution in [3.8, 4) is 0 Å². The third kappa shape index (κ3) is 3.24. The van der Waals surface area contributed by atoms with Gasteiger partial charge in [0.15, 0.2) is 0 Å². The summed E-state index contributed by atoms with van der Waals surface area (Å²) in [5, 5.41) is 13.9. The van der Waals surface area contributed by atoms with Crippen molar-refractivity contribution in [3.63, 3.8) is 0 Å². The number of nitrogens with one attached hydrogen (secondary N) is 2. The molecule has 0 radical (unpaired) electrons. The van der Waals surface area contributed by atoms with Gasteiger partial charge < -0.3 is 15.7 Å². The maximum Gasteiger partial charge on any atom is 0.315 e. The summed E-state index contributed by atoms with van der Waals surface area (Å²) in [4.78, 5) is 21.6. The predicted octanol–water partition coefficient (Wildman–Crippen LogP) is 0.559. The van der Waals surface area contributed by atoms with Gasteiger partial charge in [0.05, 0.1) is 5.92 Å². The van der Waals surface area contributed by atoms with Crippen molar-refractivity contribution in [2.75, 3.05) is 6.54 Å². The highest BCUT2D eigenvalue weighted by atomic mass is 16.4. The monoisotopic (exact) mass is 200 g/mol. The van der Waals surface area contributed by atoms with Gasteiger partial charge in [0, 0.05) is 12.6 Å². The van der Waals surface area contributed by atoms with Crippen LogP contribution in [0.2, 0.25) is 0 Å². The summed E-state index contributed by atoms with van der Waals surface area (Å²) < 4.78 is 0. The molecule has 0 heterocycles. The Hall–Kier alpha value is -1.26. The fourth-order valence-electron chi connectivity index (χ4n) is 1.12. The molecule has 1 aliphatic carbocycles. The molecule has 1 rings (SSSR count). The van der Waals surface area contributed by atoms with E-state index >= 15 is 0 Å². The molecule has 0 aromatic rings. The van der Waals surface area contributed by atoms with Gasteiger partial charge in [-0.3, -0.25) is 4.79 Å². The smallest absolute Gasteiger partial charge is 0.315 e. The number of carboxylic acid groups (broad SMARTS) is 1. The van der Waals surface area contributed by atoms with Gasteiger partial charge in [-0.25, -0.2) is 4.79 Å². The van der Waals surface area contributed by atoms with Crippen LogP contribution in [0.15, 0.2) is 0 Å². The van der Waals surface area contributed by atoms with Gasteiger partial charge in [0.2, 0.25) is 0 Å². The van der Waals surface area contributed by atoms with Crippen molar-refractivity contribution < 1.29 is 14.7 Å². The zero-order valence-corrected chi connectivity index (χ0v) is 8.25. The highest BCUT2D eigenvalue weighted by Crippen LogP contribution is 2.17. The molecule has 0 spiro atoms. The first-order chi connectivity index (χ1) is 6.59. The maximum atomic E-state index is 11.2. The molecule has 80 valence electrons. The largest absolute Gasteiger partial charge is 0.481 e. The van der Waals surface area contributed by atoms with Crippen LogP contribution >= 0.6 is 0 Å². The quantitative estimate of drug-likeness (QED) is 0.620. The number of urea groups is 1. The average Bonchev–Trinajstić information content (AvgIpc) is 2.07. The van der Waals surface area contributed by atoms with Crippen LogP contribution in [0.25, 0.3) is 0 Å². The Kier molecular flexibility index (Phi) is 3.73. The van der Waals surface area contributed by atoms with E-state index in [0.717, 1.165) is 19.3 Å². The Morgan fingerprint density at radius 1 is 1.50 bits per heavy atom. The molecule has 1 aliphatic rings. The number of amides is 2. The molecule has 3 N–H and O–H groups in total. The van der Waals surface area contributed by atoms with Crippen LogP contribution in [0.1, 0.15) is 26.2 Å².